The van der Waals surface area contributed by atoms with Gasteiger partial charge in [0.1, 0.15) is 5.75 Å². The van der Waals surface area contributed by atoms with Gasteiger partial charge in [-0.25, -0.2) is 0 Å². The summed E-state index contributed by atoms with van der Waals surface area (Å²) in [5, 5.41) is 2.43. The summed E-state index contributed by atoms with van der Waals surface area (Å²) in [6.07, 6.45) is 10.9. The summed E-state index contributed by atoms with van der Waals surface area (Å²) in [5.74, 6) is 1.06. The van der Waals surface area contributed by atoms with Gasteiger partial charge in [0.2, 0.25) is 0 Å². The van der Waals surface area contributed by atoms with E-state index in [0.717, 1.165) is 25.0 Å². The van der Waals surface area contributed by atoms with E-state index in [1.165, 1.54) is 41.2 Å². The third-order valence-corrected chi connectivity index (χ3v) is 6.47. The minimum Gasteiger partial charge on any atom is -0.490 e. The summed E-state index contributed by atoms with van der Waals surface area (Å²) in [7, 11) is 0. The first-order valence-corrected chi connectivity index (χ1v) is 9.77. The van der Waals surface area contributed by atoms with Gasteiger partial charge in [-0.05, 0) is 86.4 Å². The van der Waals surface area contributed by atoms with Crippen molar-refractivity contribution in [2.45, 2.75) is 78.4 Å². The fraction of sp³-hybridized carbons (Fsp3) is 0.591. The Balaban J connectivity index is 1.77. The van der Waals surface area contributed by atoms with E-state index in [1.807, 2.05) is 12.4 Å². The van der Waals surface area contributed by atoms with E-state index in [2.05, 4.69) is 44.8 Å². The summed E-state index contributed by atoms with van der Waals surface area (Å²) in [6, 6.07) is 4.59. The fourth-order valence-corrected chi connectivity index (χ4v) is 4.63. The molecule has 0 spiro atoms. The Labute approximate surface area is 152 Å². The molecule has 0 amide bonds. The quantitative estimate of drug-likeness (QED) is 0.802. The lowest BCUT2D eigenvalue weighted by Gasteiger charge is -2.43. The molecule has 0 radical (unpaired) electrons. The van der Waals surface area contributed by atoms with Crippen LogP contribution < -0.4 is 10.5 Å². The van der Waals surface area contributed by atoms with Crippen molar-refractivity contribution >= 4 is 10.8 Å². The number of rotatable bonds is 5. The number of aromatic nitrogens is 1. The van der Waals surface area contributed by atoms with Gasteiger partial charge < -0.3 is 10.5 Å². The first-order valence-electron chi connectivity index (χ1n) is 9.77. The average Bonchev–Trinajstić information content (AvgIpc) is 2.65. The molecule has 3 nitrogen and oxygen atoms in total. The zero-order valence-electron chi connectivity index (χ0n) is 16.1. The van der Waals surface area contributed by atoms with Crippen LogP contribution in [0.25, 0.3) is 10.8 Å². The summed E-state index contributed by atoms with van der Waals surface area (Å²) in [5.41, 5.74) is 9.20. The Morgan fingerprint density at radius 1 is 1.28 bits per heavy atom. The van der Waals surface area contributed by atoms with Crippen molar-refractivity contribution in [3.8, 4) is 5.75 Å². The second-order valence-corrected chi connectivity index (χ2v) is 7.79. The molecular weight excluding hydrogens is 308 g/mol. The molecule has 1 fully saturated rings. The van der Waals surface area contributed by atoms with Gasteiger partial charge in [-0.2, -0.15) is 0 Å². The van der Waals surface area contributed by atoms with Crippen molar-refractivity contribution in [3.05, 3.63) is 35.7 Å². The van der Waals surface area contributed by atoms with Crippen molar-refractivity contribution in [2.75, 3.05) is 0 Å². The smallest absolute Gasteiger partial charge is 0.126 e. The summed E-state index contributed by atoms with van der Waals surface area (Å²) < 4.78 is 6.51. The Kier molecular flexibility index (Phi) is 5.33. The molecular formula is C22H32N2O. The van der Waals surface area contributed by atoms with Crippen molar-refractivity contribution < 1.29 is 4.74 Å². The number of benzene rings is 1. The molecule has 2 N–H and O–H groups in total. The van der Waals surface area contributed by atoms with Crippen molar-refractivity contribution in [1.82, 2.24) is 4.98 Å². The highest BCUT2D eigenvalue weighted by atomic mass is 16.5. The van der Waals surface area contributed by atoms with Crippen LogP contribution >= 0.6 is 0 Å². The maximum atomic E-state index is 6.51. The molecule has 0 saturated heterocycles. The first-order chi connectivity index (χ1) is 12.0. The Morgan fingerprint density at radius 2 is 2.00 bits per heavy atom. The van der Waals surface area contributed by atoms with Crippen LogP contribution in [0.15, 0.2) is 24.5 Å². The van der Waals surface area contributed by atoms with E-state index in [-0.39, 0.29) is 0 Å². The van der Waals surface area contributed by atoms with Crippen LogP contribution in [-0.4, -0.2) is 17.1 Å². The zero-order valence-corrected chi connectivity index (χ0v) is 16.1. The highest BCUT2D eigenvalue weighted by Crippen LogP contribution is 2.44. The minimum absolute atomic E-state index is 0.306. The first kappa shape index (κ1) is 18.2. The molecule has 1 aromatic carbocycles. The largest absolute Gasteiger partial charge is 0.490 e. The Morgan fingerprint density at radius 3 is 2.64 bits per heavy atom. The van der Waals surface area contributed by atoms with Crippen molar-refractivity contribution in [2.24, 2.45) is 11.1 Å². The molecule has 25 heavy (non-hydrogen) atoms. The van der Waals surface area contributed by atoms with Crippen LogP contribution in [0.1, 0.15) is 63.5 Å². The predicted octanol–water partition coefficient (Wildman–Crippen LogP) is 5.31. The molecule has 1 heterocycles. The van der Waals surface area contributed by atoms with Gasteiger partial charge in [0.25, 0.3) is 0 Å². The normalized spacial score (nSPS) is 25.1. The molecule has 136 valence electrons. The van der Waals surface area contributed by atoms with E-state index < -0.39 is 0 Å². The van der Waals surface area contributed by atoms with Crippen LogP contribution in [0, 0.1) is 19.3 Å². The molecule has 1 aromatic heterocycles. The third kappa shape index (κ3) is 3.39. The second kappa shape index (κ2) is 7.33. The highest BCUT2D eigenvalue weighted by Gasteiger charge is 2.38. The van der Waals surface area contributed by atoms with Gasteiger partial charge in [0.15, 0.2) is 0 Å². The average molecular weight is 341 g/mol. The standard InChI is InChI=1S/C22H32N2O/c1-5-20(23)22(6-2)10-7-18(8-11-22)25-21-15(3)13-17-14-24-12-9-19(17)16(21)4/h9,12-14,18,20H,5-8,10-11,23H2,1-4H3/t18-,20-,22+/m0/s1. The number of nitrogens with two attached hydrogens (primary N) is 1. The molecule has 1 aliphatic rings. The van der Waals surface area contributed by atoms with E-state index >= 15 is 0 Å². The van der Waals surface area contributed by atoms with Crippen molar-refractivity contribution in [1.29, 1.82) is 0 Å². The van der Waals surface area contributed by atoms with Crippen LogP contribution in [-0.2, 0) is 0 Å². The highest BCUT2D eigenvalue weighted by molar-refractivity contribution is 5.87. The maximum Gasteiger partial charge on any atom is 0.126 e. The second-order valence-electron chi connectivity index (χ2n) is 7.79. The van der Waals surface area contributed by atoms with E-state index in [4.69, 9.17) is 10.5 Å². The molecule has 1 aliphatic carbocycles. The fourth-order valence-electron chi connectivity index (χ4n) is 4.63. The third-order valence-electron chi connectivity index (χ3n) is 6.47. The van der Waals surface area contributed by atoms with Crippen LogP contribution in [0.3, 0.4) is 0 Å². The van der Waals surface area contributed by atoms with Crippen molar-refractivity contribution in [3.63, 3.8) is 0 Å². The van der Waals surface area contributed by atoms with Gasteiger partial charge in [-0.3, -0.25) is 4.98 Å². The molecule has 0 aliphatic heterocycles. The molecule has 3 rings (SSSR count). The van der Waals surface area contributed by atoms with Crippen LogP contribution in [0.2, 0.25) is 0 Å². The molecule has 1 saturated carbocycles. The van der Waals surface area contributed by atoms with E-state index in [9.17, 15) is 0 Å². The topological polar surface area (TPSA) is 48.1 Å². The minimum atomic E-state index is 0.306. The van der Waals surface area contributed by atoms with Crippen LogP contribution in [0.4, 0.5) is 0 Å². The predicted molar refractivity (Wildman–Crippen MR) is 105 cm³/mol. The van der Waals surface area contributed by atoms with Gasteiger partial charge in [-0.15, -0.1) is 0 Å². The summed E-state index contributed by atoms with van der Waals surface area (Å²) >= 11 is 0. The summed E-state index contributed by atoms with van der Waals surface area (Å²) in [6.45, 7) is 8.81. The lowest BCUT2D eigenvalue weighted by molar-refractivity contribution is 0.0562. The molecule has 0 unspecified atom stereocenters. The summed E-state index contributed by atoms with van der Waals surface area (Å²) in [4.78, 5) is 4.24. The lowest BCUT2D eigenvalue weighted by Crippen LogP contribution is -2.45. The number of ether oxygens (including phenoxy) is 1. The lowest BCUT2D eigenvalue weighted by atomic mass is 9.66. The molecule has 1 atom stereocenters. The van der Waals surface area contributed by atoms with E-state index in [1.54, 1.807) is 0 Å². The van der Waals surface area contributed by atoms with Gasteiger partial charge >= 0.3 is 0 Å². The number of hydrogen-bond donors (Lipinski definition) is 1. The van der Waals surface area contributed by atoms with E-state index in [0.29, 0.717) is 17.6 Å². The zero-order chi connectivity index (χ0) is 18.0. The Bertz CT molecular complexity index is 732. The SMILES string of the molecule is CC[C@H](N)[C@]1(CC)CC[C@H](Oc2c(C)cc3cnccc3c2C)CC1. The molecule has 2 aromatic rings. The molecule has 0 bridgehead atoms. The maximum absolute atomic E-state index is 6.51. The number of nitrogens with zero attached hydrogens (tertiary/aromatic N) is 1. The van der Waals surface area contributed by atoms with Gasteiger partial charge in [0.05, 0.1) is 6.10 Å². The molecule has 3 heteroatoms. The number of pyridine rings is 1. The number of hydrogen-bond acceptors (Lipinski definition) is 3. The van der Waals surface area contributed by atoms with Gasteiger partial charge in [-0.1, -0.05) is 13.8 Å². The number of aryl methyl sites for hydroxylation is 2. The van der Waals surface area contributed by atoms with Crippen LogP contribution in [0.5, 0.6) is 5.75 Å². The monoisotopic (exact) mass is 340 g/mol. The Hall–Kier alpha value is -1.61. The number of fused-ring (bicyclic) bond motifs is 1. The van der Waals surface area contributed by atoms with Gasteiger partial charge in [0, 0.05) is 23.8 Å².